The summed E-state index contributed by atoms with van der Waals surface area (Å²) < 4.78 is 0. The van der Waals surface area contributed by atoms with Crippen LogP contribution in [0.2, 0.25) is 0 Å². The number of hydrogen-bond donors (Lipinski definition) is 0. The van der Waals surface area contributed by atoms with E-state index in [-0.39, 0.29) is 23.8 Å². The van der Waals surface area contributed by atoms with Gasteiger partial charge in [0.2, 0.25) is 5.78 Å². The largest absolute Gasteiger partial charge is 0.294 e. The highest BCUT2D eigenvalue weighted by Crippen LogP contribution is 2.23. The molecule has 142 valence electrons. The first-order valence-electron chi connectivity index (χ1n) is 10.3. The molecule has 26 heavy (non-hydrogen) atoms. The Bertz CT molecular complexity index is 618. The molecule has 1 aromatic carbocycles. The maximum atomic E-state index is 12.9. The number of carbonyl (C=O) groups excluding carboxylic acids is 3. The zero-order valence-electron chi connectivity index (χ0n) is 16.1. The molecule has 0 radical (unpaired) electrons. The number of benzene rings is 1. The molecule has 1 aliphatic carbocycles. The van der Waals surface area contributed by atoms with E-state index in [1.54, 1.807) is 0 Å². The maximum Gasteiger partial charge on any atom is 0.201 e. The van der Waals surface area contributed by atoms with Gasteiger partial charge in [0, 0.05) is 24.3 Å². The van der Waals surface area contributed by atoms with Crippen LogP contribution in [0.5, 0.6) is 0 Å². The average molecular weight is 357 g/mol. The van der Waals surface area contributed by atoms with Crippen molar-refractivity contribution in [2.45, 2.75) is 84.0 Å². The Hall–Kier alpha value is -1.77. The third kappa shape index (κ3) is 6.19. The number of carbonyl (C=O) groups is 3. The van der Waals surface area contributed by atoms with Crippen LogP contribution in [0.15, 0.2) is 24.3 Å². The van der Waals surface area contributed by atoms with Gasteiger partial charge in [0.15, 0.2) is 11.6 Å². The predicted octanol–water partition coefficient (Wildman–Crippen LogP) is 5.49. The van der Waals surface area contributed by atoms with Gasteiger partial charge in [0.25, 0.3) is 0 Å². The van der Waals surface area contributed by atoms with Gasteiger partial charge in [-0.05, 0) is 31.2 Å². The average Bonchev–Trinajstić information content (AvgIpc) is 2.65. The number of Topliss-reactive ketones (excluding diaryl/α,β-unsaturated/α-hetero) is 3. The van der Waals surface area contributed by atoms with E-state index >= 15 is 0 Å². The van der Waals surface area contributed by atoms with Crippen molar-refractivity contribution in [3.63, 3.8) is 0 Å². The quantitative estimate of drug-likeness (QED) is 0.670. The van der Waals surface area contributed by atoms with Gasteiger partial charge in [-0.25, -0.2) is 0 Å². The second kappa shape index (κ2) is 11.1. The first-order valence-corrected chi connectivity index (χ1v) is 10.3. The highest BCUT2D eigenvalue weighted by atomic mass is 16.2. The molecule has 3 heteroatoms. The second-order valence-corrected chi connectivity index (χ2v) is 7.53. The topological polar surface area (TPSA) is 51.2 Å². The normalized spacial score (nSPS) is 20.0. The third-order valence-electron chi connectivity index (χ3n) is 5.37. The Kier molecular flexibility index (Phi) is 8.73. The number of rotatable bonds is 4. The lowest BCUT2D eigenvalue weighted by Crippen LogP contribution is -2.26. The van der Waals surface area contributed by atoms with E-state index in [1.165, 1.54) is 25.7 Å². The number of ketones is 3. The Morgan fingerprint density at radius 3 is 2.35 bits per heavy atom. The van der Waals surface area contributed by atoms with Crippen molar-refractivity contribution in [1.82, 2.24) is 0 Å². The lowest BCUT2D eigenvalue weighted by molar-refractivity contribution is -0.139. The van der Waals surface area contributed by atoms with E-state index in [9.17, 15) is 14.4 Å². The molecule has 0 spiro atoms. The van der Waals surface area contributed by atoms with E-state index in [2.05, 4.69) is 0 Å². The molecular weight excluding hydrogens is 324 g/mol. The Labute approximate surface area is 157 Å². The number of hydrogen-bond acceptors (Lipinski definition) is 3. The monoisotopic (exact) mass is 356 g/mol. The van der Waals surface area contributed by atoms with E-state index in [0.29, 0.717) is 19.3 Å². The lowest BCUT2D eigenvalue weighted by Gasteiger charge is -2.16. The summed E-state index contributed by atoms with van der Waals surface area (Å²) in [5.41, 5.74) is 1.82. The van der Waals surface area contributed by atoms with Crippen LogP contribution in [0.1, 0.15) is 93.5 Å². The van der Waals surface area contributed by atoms with Crippen LogP contribution in [0.4, 0.5) is 0 Å². The summed E-state index contributed by atoms with van der Waals surface area (Å²) in [5, 5.41) is 0. The van der Waals surface area contributed by atoms with Gasteiger partial charge in [-0.3, -0.25) is 14.4 Å². The third-order valence-corrected chi connectivity index (χ3v) is 5.37. The van der Waals surface area contributed by atoms with Crippen molar-refractivity contribution >= 4 is 17.3 Å². The van der Waals surface area contributed by atoms with Crippen LogP contribution >= 0.6 is 0 Å². The predicted molar refractivity (Wildman–Crippen MR) is 104 cm³/mol. The molecule has 0 unspecified atom stereocenters. The molecular formula is C23H32O3. The van der Waals surface area contributed by atoms with Crippen LogP contribution in [-0.2, 0) is 16.0 Å². The first kappa shape index (κ1) is 20.5. The maximum absolute atomic E-state index is 12.9. The smallest absolute Gasteiger partial charge is 0.201 e. The highest BCUT2D eigenvalue weighted by Gasteiger charge is 2.27. The Balaban J connectivity index is 2.19. The molecule has 0 heterocycles. The van der Waals surface area contributed by atoms with Crippen LogP contribution < -0.4 is 0 Å². The van der Waals surface area contributed by atoms with Crippen molar-refractivity contribution in [3.8, 4) is 0 Å². The minimum Gasteiger partial charge on any atom is -0.294 e. The standard InChI is InChI=1S/C23H32O3/c1-2-12-21(24)23(26)19-15-9-7-5-3-4-6-8-13-18-14-10-11-16-20(18)22(25)17-19/h10-11,14,16,19H,2-9,12-13,15,17H2,1H3/t19-/m1/s1. The molecule has 3 nitrogen and oxygen atoms in total. The molecule has 0 fully saturated rings. The fourth-order valence-corrected chi connectivity index (χ4v) is 3.84. The molecule has 0 aromatic heterocycles. The Morgan fingerprint density at radius 2 is 1.62 bits per heavy atom. The van der Waals surface area contributed by atoms with Gasteiger partial charge in [-0.1, -0.05) is 69.7 Å². The Morgan fingerprint density at radius 1 is 0.962 bits per heavy atom. The molecule has 0 bridgehead atoms. The van der Waals surface area contributed by atoms with E-state index in [4.69, 9.17) is 0 Å². The SMILES string of the molecule is CCCC(=O)C(=O)[C@@H]1CCCCCCCCCc2ccccc2C(=O)C1. The number of aryl methyl sites for hydroxylation is 1. The molecule has 0 N–H and O–H groups in total. The molecule has 1 aromatic rings. The summed E-state index contributed by atoms with van der Waals surface area (Å²) in [5.74, 6) is -1.07. The minimum absolute atomic E-state index is 0.0142. The highest BCUT2D eigenvalue weighted by molar-refractivity contribution is 6.38. The molecule has 0 aliphatic heterocycles. The fraction of sp³-hybridized carbons (Fsp3) is 0.609. The van der Waals surface area contributed by atoms with E-state index in [0.717, 1.165) is 36.8 Å². The van der Waals surface area contributed by atoms with Crippen LogP contribution in [-0.4, -0.2) is 17.3 Å². The van der Waals surface area contributed by atoms with Gasteiger partial charge in [0.1, 0.15) is 0 Å². The van der Waals surface area contributed by atoms with Crippen molar-refractivity contribution in [2.24, 2.45) is 5.92 Å². The number of fused-ring (bicyclic) bond motifs is 1. The summed E-state index contributed by atoms with van der Waals surface area (Å²) >= 11 is 0. The van der Waals surface area contributed by atoms with Gasteiger partial charge >= 0.3 is 0 Å². The zero-order chi connectivity index (χ0) is 18.8. The zero-order valence-corrected chi connectivity index (χ0v) is 16.1. The van der Waals surface area contributed by atoms with Crippen molar-refractivity contribution in [1.29, 1.82) is 0 Å². The first-order chi connectivity index (χ1) is 12.6. The fourth-order valence-electron chi connectivity index (χ4n) is 3.84. The van der Waals surface area contributed by atoms with Gasteiger partial charge in [-0.15, -0.1) is 0 Å². The van der Waals surface area contributed by atoms with Gasteiger partial charge in [-0.2, -0.15) is 0 Å². The molecule has 2 rings (SSSR count). The van der Waals surface area contributed by atoms with Crippen LogP contribution in [0, 0.1) is 5.92 Å². The summed E-state index contributed by atoms with van der Waals surface area (Å²) in [7, 11) is 0. The van der Waals surface area contributed by atoms with E-state index in [1.807, 2.05) is 31.2 Å². The summed E-state index contributed by atoms with van der Waals surface area (Å²) in [6, 6.07) is 7.76. The van der Waals surface area contributed by atoms with Crippen LogP contribution in [0.3, 0.4) is 0 Å². The molecule has 1 atom stereocenters. The summed E-state index contributed by atoms with van der Waals surface area (Å²) in [6.45, 7) is 1.90. The minimum atomic E-state index is -0.447. The molecule has 0 amide bonds. The second-order valence-electron chi connectivity index (χ2n) is 7.53. The van der Waals surface area contributed by atoms with Crippen molar-refractivity contribution in [2.75, 3.05) is 0 Å². The van der Waals surface area contributed by atoms with Crippen LogP contribution in [0.25, 0.3) is 0 Å². The van der Waals surface area contributed by atoms with E-state index < -0.39 is 5.92 Å². The molecule has 0 saturated heterocycles. The lowest BCUT2D eigenvalue weighted by atomic mass is 9.85. The van der Waals surface area contributed by atoms with Crippen molar-refractivity contribution in [3.05, 3.63) is 35.4 Å². The van der Waals surface area contributed by atoms with Gasteiger partial charge < -0.3 is 0 Å². The van der Waals surface area contributed by atoms with Crippen molar-refractivity contribution < 1.29 is 14.4 Å². The van der Waals surface area contributed by atoms with Gasteiger partial charge in [0.05, 0.1) is 0 Å². The molecule has 1 aliphatic rings. The summed E-state index contributed by atoms with van der Waals surface area (Å²) in [4.78, 5) is 37.6. The molecule has 0 saturated carbocycles. The summed E-state index contributed by atoms with van der Waals surface area (Å²) in [6.07, 6.45) is 10.6.